The van der Waals surface area contributed by atoms with Crippen LogP contribution in [0, 0.1) is 6.92 Å². The molecule has 0 saturated carbocycles. The van der Waals surface area contributed by atoms with Crippen LogP contribution in [0.2, 0.25) is 0 Å². The molecule has 2 aliphatic heterocycles. The Morgan fingerprint density at radius 3 is 2.31 bits per heavy atom. The van der Waals surface area contributed by atoms with Gasteiger partial charge in [0.05, 0.1) is 17.2 Å². The molecule has 0 bridgehead atoms. The van der Waals surface area contributed by atoms with Gasteiger partial charge in [-0.1, -0.05) is 11.6 Å². The van der Waals surface area contributed by atoms with Crippen molar-refractivity contribution in [2.75, 3.05) is 20.1 Å². The maximum Gasteiger partial charge on any atom is 0.495 e. The predicted octanol–water partition coefficient (Wildman–Crippen LogP) is 3.38. The maximum absolute atomic E-state index is 13.3. The van der Waals surface area contributed by atoms with Gasteiger partial charge in [0.25, 0.3) is 5.91 Å². The number of carbonyl (C=O) groups is 2. The summed E-state index contributed by atoms with van der Waals surface area (Å²) in [5, 5.41) is 0. The number of rotatable bonds is 3. The summed E-state index contributed by atoms with van der Waals surface area (Å²) in [6, 6.07) is 5.59. The van der Waals surface area contributed by atoms with Crippen molar-refractivity contribution in [1.29, 1.82) is 0 Å². The Morgan fingerprint density at radius 1 is 1.16 bits per heavy atom. The summed E-state index contributed by atoms with van der Waals surface area (Å²) < 4.78 is 17.9. The van der Waals surface area contributed by atoms with Crippen molar-refractivity contribution in [1.82, 2.24) is 9.80 Å². The summed E-state index contributed by atoms with van der Waals surface area (Å²) in [6.45, 7) is 16.7. The minimum absolute atomic E-state index is 0.0529. The Kier molecular flexibility index (Phi) is 6.44. The summed E-state index contributed by atoms with van der Waals surface area (Å²) in [7, 11) is 1.21. The fraction of sp³-hybridized carbons (Fsp3) is 0.667. The van der Waals surface area contributed by atoms with Crippen LogP contribution in [0.1, 0.15) is 70.8 Å². The number of ether oxygens (including phenoxy) is 1. The molecule has 0 radical (unpaired) electrons. The number of carbonyl (C=O) groups excluding carboxylic acids is 2. The van der Waals surface area contributed by atoms with Crippen molar-refractivity contribution < 1.29 is 23.6 Å². The van der Waals surface area contributed by atoms with Crippen molar-refractivity contribution in [3.05, 3.63) is 29.3 Å². The summed E-state index contributed by atoms with van der Waals surface area (Å²) in [5.74, 6) is -0.0529. The number of hydrogen-bond acceptors (Lipinski definition) is 5. The molecule has 2 heterocycles. The van der Waals surface area contributed by atoms with Crippen LogP contribution >= 0.6 is 0 Å². The molecule has 0 aromatic heterocycles. The number of aryl methyl sites for hydroxylation is 1. The number of likely N-dealkylation sites (N-methyl/N-ethyl adjacent to an activating group) is 1. The van der Waals surface area contributed by atoms with E-state index in [4.69, 9.17) is 14.0 Å². The third-order valence-electron chi connectivity index (χ3n) is 6.71. The van der Waals surface area contributed by atoms with E-state index in [0.29, 0.717) is 18.7 Å². The zero-order valence-electron chi connectivity index (χ0n) is 20.9. The summed E-state index contributed by atoms with van der Waals surface area (Å²) in [4.78, 5) is 29.1. The number of nitrogens with zero attached hydrogens (tertiary/aromatic N) is 2. The summed E-state index contributed by atoms with van der Waals surface area (Å²) in [6.07, 6.45) is 0.354. The molecule has 3 rings (SSSR count). The van der Waals surface area contributed by atoms with Crippen LogP contribution in [0.5, 0.6) is 0 Å². The maximum atomic E-state index is 13.3. The van der Waals surface area contributed by atoms with Crippen LogP contribution in [0.15, 0.2) is 18.2 Å². The van der Waals surface area contributed by atoms with E-state index in [1.54, 1.807) is 16.8 Å². The molecule has 0 N–H and O–H groups in total. The van der Waals surface area contributed by atoms with E-state index in [-0.39, 0.29) is 18.0 Å². The quantitative estimate of drug-likeness (QED) is 0.669. The molecule has 2 saturated heterocycles. The van der Waals surface area contributed by atoms with Gasteiger partial charge in [0.2, 0.25) is 0 Å². The Morgan fingerprint density at radius 2 is 1.75 bits per heavy atom. The molecule has 32 heavy (non-hydrogen) atoms. The highest BCUT2D eigenvalue weighted by Gasteiger charge is 2.52. The van der Waals surface area contributed by atoms with E-state index in [9.17, 15) is 9.59 Å². The van der Waals surface area contributed by atoms with Gasteiger partial charge in [0.1, 0.15) is 5.60 Å². The van der Waals surface area contributed by atoms with E-state index < -0.39 is 23.9 Å². The fourth-order valence-electron chi connectivity index (χ4n) is 3.91. The Labute approximate surface area is 192 Å². The Hall–Kier alpha value is -2.06. The number of hydrogen-bond donors (Lipinski definition) is 0. The van der Waals surface area contributed by atoms with Crippen LogP contribution in [0.4, 0.5) is 4.79 Å². The van der Waals surface area contributed by atoms with Crippen molar-refractivity contribution >= 4 is 24.6 Å². The third kappa shape index (κ3) is 4.96. The Bertz CT molecular complexity index is 877. The van der Waals surface area contributed by atoms with Gasteiger partial charge >= 0.3 is 13.2 Å². The van der Waals surface area contributed by atoms with Crippen LogP contribution in [0.25, 0.3) is 0 Å². The highest BCUT2D eigenvalue weighted by Crippen LogP contribution is 2.36. The predicted molar refractivity (Wildman–Crippen MR) is 125 cm³/mol. The molecule has 0 aliphatic carbocycles. The fourth-order valence-corrected chi connectivity index (χ4v) is 3.91. The Balaban J connectivity index is 1.71. The van der Waals surface area contributed by atoms with Gasteiger partial charge in [0, 0.05) is 25.7 Å². The van der Waals surface area contributed by atoms with Gasteiger partial charge < -0.3 is 23.8 Å². The first-order valence-electron chi connectivity index (χ1n) is 11.3. The van der Waals surface area contributed by atoms with Gasteiger partial charge in [-0.05, 0) is 79.4 Å². The minimum Gasteiger partial charge on any atom is -0.444 e. The first kappa shape index (κ1) is 24.6. The average Bonchev–Trinajstić information content (AvgIpc) is 3.22. The molecule has 2 aliphatic rings. The third-order valence-corrected chi connectivity index (χ3v) is 6.71. The number of likely N-dealkylation sites (tertiary alicyclic amines) is 1. The highest BCUT2D eigenvalue weighted by atomic mass is 16.7. The normalized spacial score (nSPS) is 22.2. The van der Waals surface area contributed by atoms with Crippen molar-refractivity contribution in [2.45, 2.75) is 84.7 Å². The van der Waals surface area contributed by atoms with Crippen LogP contribution in [-0.4, -0.2) is 71.9 Å². The van der Waals surface area contributed by atoms with E-state index in [1.807, 2.05) is 73.6 Å². The zero-order valence-corrected chi connectivity index (χ0v) is 20.9. The van der Waals surface area contributed by atoms with Crippen LogP contribution in [-0.2, 0) is 14.0 Å². The van der Waals surface area contributed by atoms with Gasteiger partial charge in [0.15, 0.2) is 0 Å². The minimum atomic E-state index is -0.550. The van der Waals surface area contributed by atoms with Crippen molar-refractivity contribution in [3.8, 4) is 0 Å². The standard InChI is InChI=1S/C24H37BN2O5/c1-16-10-11-17(14-19(16)25-31-23(5,6)24(7,8)32-25)20(28)27-13-12-18(15-27)26(9)21(29)30-22(2,3)4/h10-11,14,18H,12-13,15H2,1-9H3/t18-/m1/s1. The molecule has 1 aromatic rings. The zero-order chi connectivity index (χ0) is 24.1. The smallest absolute Gasteiger partial charge is 0.444 e. The van der Waals surface area contributed by atoms with Crippen LogP contribution < -0.4 is 5.46 Å². The molecule has 2 amide bonds. The topological polar surface area (TPSA) is 68.3 Å². The van der Waals surface area contributed by atoms with Gasteiger partial charge in [-0.25, -0.2) is 4.79 Å². The lowest BCUT2D eigenvalue weighted by Crippen LogP contribution is -2.43. The van der Waals surface area contributed by atoms with Crippen molar-refractivity contribution in [2.24, 2.45) is 0 Å². The molecule has 1 aromatic carbocycles. The number of benzene rings is 1. The van der Waals surface area contributed by atoms with Crippen molar-refractivity contribution in [3.63, 3.8) is 0 Å². The van der Waals surface area contributed by atoms with E-state index in [1.165, 1.54) is 0 Å². The molecule has 8 heteroatoms. The molecule has 176 valence electrons. The largest absolute Gasteiger partial charge is 0.495 e. The summed E-state index contributed by atoms with van der Waals surface area (Å²) in [5.41, 5.74) is 1.04. The SMILES string of the molecule is Cc1ccc(C(=O)N2CC[C@@H](N(C)C(=O)OC(C)(C)C)C2)cc1B1OC(C)(C)C(C)(C)O1. The second kappa shape index (κ2) is 8.38. The molecule has 0 unspecified atom stereocenters. The average molecular weight is 444 g/mol. The van der Waals surface area contributed by atoms with Gasteiger partial charge in [-0.2, -0.15) is 0 Å². The molecule has 2 fully saturated rings. The van der Waals surface area contributed by atoms with E-state index >= 15 is 0 Å². The molecular formula is C24H37BN2O5. The molecule has 7 nitrogen and oxygen atoms in total. The molecule has 1 atom stereocenters. The van der Waals surface area contributed by atoms with E-state index in [0.717, 1.165) is 17.4 Å². The molecule has 0 spiro atoms. The molecular weight excluding hydrogens is 407 g/mol. The lowest BCUT2D eigenvalue weighted by atomic mass is 9.75. The van der Waals surface area contributed by atoms with E-state index in [2.05, 4.69) is 0 Å². The summed E-state index contributed by atoms with van der Waals surface area (Å²) >= 11 is 0. The van der Waals surface area contributed by atoms with Gasteiger partial charge in [-0.15, -0.1) is 0 Å². The first-order chi connectivity index (χ1) is 14.6. The highest BCUT2D eigenvalue weighted by molar-refractivity contribution is 6.62. The lowest BCUT2D eigenvalue weighted by molar-refractivity contribution is 0.00578. The van der Waals surface area contributed by atoms with Crippen LogP contribution in [0.3, 0.4) is 0 Å². The second-order valence-electron chi connectivity index (χ2n) is 10.9. The van der Waals surface area contributed by atoms with Gasteiger partial charge in [-0.3, -0.25) is 4.79 Å². The first-order valence-corrected chi connectivity index (χ1v) is 11.3. The lowest BCUT2D eigenvalue weighted by Gasteiger charge is -2.32. The number of amides is 2. The second-order valence-corrected chi connectivity index (χ2v) is 10.9. The monoisotopic (exact) mass is 444 g/mol.